The molecule has 0 bridgehead atoms. The normalized spacial score (nSPS) is 19.8. The van der Waals surface area contributed by atoms with E-state index < -0.39 is 12.7 Å². The number of hydrogen-bond donors (Lipinski definition) is 2. The summed E-state index contributed by atoms with van der Waals surface area (Å²) in [6.07, 6.45) is -2.97. The molecule has 6 aromatic rings. The number of carbonyl (C=O) groups is 2. The number of halogens is 6. The topological polar surface area (TPSA) is 131 Å². The number of nitrogens with one attached hydrogen (secondary N) is 2. The number of alkyl halides is 6. The third-order valence-electron chi connectivity index (χ3n) is 13.6. The Bertz CT molecular complexity index is 2690. The molecule has 18 heteroatoms. The van der Waals surface area contributed by atoms with E-state index in [0.717, 1.165) is 82.8 Å². The lowest BCUT2D eigenvalue weighted by molar-refractivity contribution is -0.275. The number of esters is 2. The monoisotopic (exact) mass is 1010 g/mol. The molecule has 0 spiro atoms. The van der Waals surface area contributed by atoms with Crippen LogP contribution in [0.1, 0.15) is 114 Å². The molecular formula is C54H64F6N6O6. The quantitative estimate of drug-likeness (QED) is 0.0902. The summed E-state index contributed by atoms with van der Waals surface area (Å²) in [6, 6.07) is 19.5. The van der Waals surface area contributed by atoms with Crippen LogP contribution in [0.4, 0.5) is 49.6 Å². The Labute approximate surface area is 415 Å². The molecule has 0 radical (unpaired) electrons. The lowest BCUT2D eigenvalue weighted by Crippen LogP contribution is -2.29. The van der Waals surface area contributed by atoms with E-state index in [-0.39, 0.29) is 59.2 Å². The fourth-order valence-corrected chi connectivity index (χ4v) is 11.1. The summed E-state index contributed by atoms with van der Waals surface area (Å²) in [6.45, 7) is 17.6. The second-order valence-electron chi connectivity index (χ2n) is 21.2. The fraction of sp³-hybridized carbons (Fsp3) is 0.481. The molecule has 72 heavy (non-hydrogen) atoms. The minimum Gasteiger partial charge on any atom is -0.469 e. The molecule has 4 aromatic carbocycles. The second kappa shape index (κ2) is 20.9. The van der Waals surface area contributed by atoms with Crippen LogP contribution in [-0.2, 0) is 31.9 Å². The van der Waals surface area contributed by atoms with Crippen molar-refractivity contribution < 1.29 is 54.9 Å². The maximum Gasteiger partial charge on any atom is 0.573 e. The first-order valence-electron chi connectivity index (χ1n) is 24.1. The van der Waals surface area contributed by atoms with E-state index in [1.807, 2.05) is 26.0 Å². The van der Waals surface area contributed by atoms with Crippen molar-refractivity contribution in [3.63, 3.8) is 0 Å². The molecule has 0 aliphatic heterocycles. The predicted octanol–water partition coefficient (Wildman–Crippen LogP) is 14.2. The molecular weight excluding hydrogens is 943 g/mol. The second-order valence-corrected chi connectivity index (χ2v) is 21.2. The molecule has 0 saturated heterocycles. The molecule has 2 N–H and O–H groups in total. The van der Waals surface area contributed by atoms with Crippen molar-refractivity contribution in [3.05, 3.63) is 95.1 Å². The number of anilines is 4. The van der Waals surface area contributed by atoms with Crippen LogP contribution in [0.2, 0.25) is 0 Å². The fourth-order valence-electron chi connectivity index (χ4n) is 11.1. The summed E-state index contributed by atoms with van der Waals surface area (Å²) in [5.41, 5.74) is 8.53. The Morgan fingerprint density at radius 2 is 0.944 bits per heavy atom. The SMILES string of the molecule is COC(=O)Cc1cc2nc(Nc3ccc(OC(F)(F)F)cc3)n([C@@H]3C[C@H](C)CC(C)(C)C3)c2cc1C.COC(=O)Cc1cc2nc(Nc3ccc(OC(F)(F)F)cc3)n([C@H]3C[C@@H](C)CC(C)(C)C3)c2cc1C. The zero-order valence-electron chi connectivity index (χ0n) is 42.4. The summed E-state index contributed by atoms with van der Waals surface area (Å²) in [5.74, 6) is 1.07. The van der Waals surface area contributed by atoms with Crippen molar-refractivity contribution in [2.75, 3.05) is 24.9 Å². The van der Waals surface area contributed by atoms with Crippen LogP contribution in [0.25, 0.3) is 22.1 Å². The lowest BCUT2D eigenvalue weighted by atomic mass is 9.70. The van der Waals surface area contributed by atoms with Crippen LogP contribution >= 0.6 is 0 Å². The van der Waals surface area contributed by atoms with Gasteiger partial charge in [-0.2, -0.15) is 0 Å². The summed E-state index contributed by atoms with van der Waals surface area (Å²) in [7, 11) is 2.73. The minimum atomic E-state index is -4.74. The van der Waals surface area contributed by atoms with Gasteiger partial charge in [-0.1, -0.05) is 41.5 Å². The number of methoxy groups -OCH3 is 2. The lowest BCUT2D eigenvalue weighted by Gasteiger charge is -2.40. The predicted molar refractivity (Wildman–Crippen MR) is 265 cm³/mol. The maximum atomic E-state index is 12.5. The average molecular weight is 1010 g/mol. The van der Waals surface area contributed by atoms with Crippen molar-refractivity contribution in [1.82, 2.24) is 19.1 Å². The van der Waals surface area contributed by atoms with Crippen molar-refractivity contribution in [2.24, 2.45) is 22.7 Å². The number of aryl methyl sites for hydroxylation is 2. The molecule has 2 heterocycles. The van der Waals surface area contributed by atoms with Crippen molar-refractivity contribution in [2.45, 2.75) is 132 Å². The van der Waals surface area contributed by atoms with Crippen LogP contribution in [0, 0.1) is 36.5 Å². The number of benzene rings is 4. The van der Waals surface area contributed by atoms with Gasteiger partial charge in [-0.15, -0.1) is 26.3 Å². The molecule has 0 unspecified atom stereocenters. The Morgan fingerprint density at radius 1 is 0.597 bits per heavy atom. The van der Waals surface area contributed by atoms with E-state index in [1.165, 1.54) is 62.8 Å². The number of rotatable bonds is 12. The molecule has 12 nitrogen and oxygen atoms in total. The molecule has 2 aliphatic rings. The molecule has 2 fully saturated rings. The largest absolute Gasteiger partial charge is 0.573 e. The van der Waals surface area contributed by atoms with E-state index in [9.17, 15) is 35.9 Å². The van der Waals surface area contributed by atoms with Gasteiger partial charge in [0.25, 0.3) is 0 Å². The summed E-state index contributed by atoms with van der Waals surface area (Å²) in [5, 5.41) is 6.61. The highest BCUT2D eigenvalue weighted by molar-refractivity contribution is 5.85. The number of hydrogen-bond acceptors (Lipinski definition) is 10. The number of aromatic nitrogens is 4. The Balaban J connectivity index is 0.000000211. The van der Waals surface area contributed by atoms with E-state index in [4.69, 9.17) is 19.4 Å². The van der Waals surface area contributed by atoms with Gasteiger partial charge < -0.3 is 38.7 Å². The first-order chi connectivity index (χ1) is 33.7. The number of carbonyl (C=O) groups excluding carboxylic acids is 2. The maximum absolute atomic E-state index is 12.5. The van der Waals surface area contributed by atoms with Crippen molar-refractivity contribution >= 4 is 57.3 Å². The van der Waals surface area contributed by atoms with Gasteiger partial charge in [0.05, 0.1) is 49.1 Å². The zero-order valence-corrected chi connectivity index (χ0v) is 42.4. The Morgan fingerprint density at radius 3 is 1.25 bits per heavy atom. The molecule has 2 aromatic heterocycles. The average Bonchev–Trinajstić information content (AvgIpc) is 3.78. The van der Waals surface area contributed by atoms with Crippen LogP contribution in [0.15, 0.2) is 72.8 Å². The van der Waals surface area contributed by atoms with Crippen molar-refractivity contribution in [3.8, 4) is 11.5 Å². The van der Waals surface area contributed by atoms with Gasteiger partial charge in [-0.25, -0.2) is 9.97 Å². The van der Waals surface area contributed by atoms with E-state index >= 15 is 0 Å². The third kappa shape index (κ3) is 13.5. The molecule has 388 valence electrons. The van der Waals surface area contributed by atoms with Gasteiger partial charge in [0.1, 0.15) is 11.5 Å². The number of fused-ring (bicyclic) bond motifs is 2. The van der Waals surface area contributed by atoms with Gasteiger partial charge in [-0.3, -0.25) is 9.59 Å². The minimum absolute atomic E-state index is 0.155. The summed E-state index contributed by atoms with van der Waals surface area (Å²) >= 11 is 0. The standard InChI is InChI=1S/2C27H32F3N3O3/c2*1-16-10-20(15-26(3,4)14-16)33-23-11-17(2)18(13-24(34)35-5)12-22(23)32-25(33)31-19-6-8-21(9-7-19)36-27(28,29)30/h2*6-9,11-12,16,20H,10,13-15H2,1-5H3,(H,31,32)/t2*16-,20+/m10/s1. The highest BCUT2D eigenvalue weighted by atomic mass is 19.4. The summed E-state index contributed by atoms with van der Waals surface area (Å²) in [4.78, 5) is 33.5. The summed E-state index contributed by atoms with van der Waals surface area (Å²) < 4.78 is 97.4. The van der Waals surface area contributed by atoms with Crippen LogP contribution in [-0.4, -0.2) is 58.0 Å². The zero-order chi connectivity index (χ0) is 52.5. The Kier molecular flexibility index (Phi) is 15.5. The van der Waals surface area contributed by atoms with E-state index in [2.05, 4.69) is 82.9 Å². The molecule has 0 amide bonds. The van der Waals surface area contributed by atoms with Crippen molar-refractivity contribution in [1.29, 1.82) is 0 Å². The van der Waals surface area contributed by atoms with Gasteiger partial charge >= 0.3 is 24.7 Å². The smallest absolute Gasteiger partial charge is 0.469 e. The molecule has 2 saturated carbocycles. The molecule has 2 aliphatic carbocycles. The Hall–Kier alpha value is -6.46. The number of imidazole rings is 2. The van der Waals surface area contributed by atoms with Crippen LogP contribution < -0.4 is 20.1 Å². The van der Waals surface area contributed by atoms with E-state index in [0.29, 0.717) is 35.1 Å². The highest BCUT2D eigenvalue weighted by Gasteiger charge is 2.37. The van der Waals surface area contributed by atoms with Gasteiger partial charge in [-0.05, 0) is 170 Å². The highest BCUT2D eigenvalue weighted by Crippen LogP contribution is 2.48. The van der Waals surface area contributed by atoms with Gasteiger partial charge in [0.15, 0.2) is 0 Å². The van der Waals surface area contributed by atoms with Gasteiger partial charge in [0, 0.05) is 23.5 Å². The van der Waals surface area contributed by atoms with E-state index in [1.54, 1.807) is 0 Å². The number of nitrogens with zero attached hydrogens (tertiary/aromatic N) is 4. The van der Waals surface area contributed by atoms with Crippen LogP contribution in [0.3, 0.4) is 0 Å². The van der Waals surface area contributed by atoms with Gasteiger partial charge in [0.2, 0.25) is 11.9 Å². The first kappa shape index (κ1) is 53.3. The van der Waals surface area contributed by atoms with Crippen LogP contribution in [0.5, 0.6) is 11.5 Å². The third-order valence-corrected chi connectivity index (χ3v) is 13.6. The number of ether oxygens (including phenoxy) is 4. The molecule has 8 rings (SSSR count). The first-order valence-corrected chi connectivity index (χ1v) is 24.1. The molecule has 4 atom stereocenters.